The van der Waals surface area contributed by atoms with E-state index in [1.807, 2.05) is 0 Å². The van der Waals surface area contributed by atoms with E-state index in [2.05, 4.69) is 175 Å². The fourth-order valence-corrected chi connectivity index (χ4v) is 11.2. The van der Waals surface area contributed by atoms with Crippen molar-refractivity contribution in [1.29, 1.82) is 0 Å². The Bertz CT molecular complexity index is 1850. The molecule has 0 atom stereocenters. The lowest BCUT2D eigenvalue weighted by Gasteiger charge is -2.34. The van der Waals surface area contributed by atoms with Gasteiger partial charge < -0.3 is 4.57 Å². The van der Waals surface area contributed by atoms with Crippen molar-refractivity contribution in [1.82, 2.24) is 4.57 Å². The van der Waals surface area contributed by atoms with Gasteiger partial charge in [0.1, 0.15) is 5.84 Å². The number of benzene rings is 5. The van der Waals surface area contributed by atoms with Crippen LogP contribution < -0.4 is 20.7 Å². The summed E-state index contributed by atoms with van der Waals surface area (Å²) in [4.78, 5) is 5.31. The maximum Gasteiger partial charge on any atom is 0.179 e. The minimum absolute atomic E-state index is 0.772. The summed E-state index contributed by atoms with van der Waals surface area (Å²) in [6.07, 6.45) is 9.49. The van der Waals surface area contributed by atoms with E-state index in [4.69, 9.17) is 4.99 Å². The molecule has 0 aliphatic carbocycles. The third kappa shape index (κ3) is 4.49. The summed E-state index contributed by atoms with van der Waals surface area (Å²) in [6, 6.07) is 50.9. The molecule has 1 aromatic heterocycles. The molecule has 0 bridgehead atoms. The number of aromatic nitrogens is 1. The average molecular weight is 557 g/mol. The molecule has 0 spiro atoms. The molecule has 3 heteroatoms. The van der Waals surface area contributed by atoms with E-state index in [9.17, 15) is 0 Å². The molecule has 202 valence electrons. The molecule has 0 fully saturated rings. The molecule has 5 aromatic carbocycles. The summed E-state index contributed by atoms with van der Waals surface area (Å²) >= 11 is 0. The third-order valence-corrected chi connectivity index (χ3v) is 13.1. The highest BCUT2D eigenvalue weighted by Crippen LogP contribution is 2.25. The minimum Gasteiger partial charge on any atom is -0.304 e. The fraction of sp³-hybridized carbons (Fsp3) is 0.0513. The summed E-state index contributed by atoms with van der Waals surface area (Å²) in [5, 5.41) is 6.72. The molecule has 2 heterocycles. The Morgan fingerprint density at radius 1 is 0.619 bits per heavy atom. The van der Waals surface area contributed by atoms with Gasteiger partial charge in [0.05, 0.1) is 11.2 Å². The van der Waals surface area contributed by atoms with Crippen LogP contribution in [0.2, 0.25) is 0 Å². The molecular formula is C39H32N2Si. The second-order valence-electron chi connectivity index (χ2n) is 10.8. The van der Waals surface area contributed by atoms with E-state index >= 15 is 0 Å². The average Bonchev–Trinajstić information content (AvgIpc) is 3.22. The normalized spacial score (nSPS) is 13.5. The quantitative estimate of drug-likeness (QED) is 0.169. The number of para-hydroxylation sites is 1. The lowest BCUT2D eigenvalue weighted by atomic mass is 10.1. The van der Waals surface area contributed by atoms with E-state index in [0.717, 1.165) is 23.5 Å². The van der Waals surface area contributed by atoms with E-state index < -0.39 is 8.07 Å². The van der Waals surface area contributed by atoms with Gasteiger partial charge in [-0.2, -0.15) is 0 Å². The van der Waals surface area contributed by atoms with Gasteiger partial charge in [-0.05, 0) is 45.4 Å². The fourth-order valence-electron chi connectivity index (χ4n) is 6.41. The molecule has 6 aromatic rings. The van der Waals surface area contributed by atoms with Crippen molar-refractivity contribution < 1.29 is 0 Å². The van der Waals surface area contributed by atoms with Crippen molar-refractivity contribution in [2.45, 2.75) is 13.3 Å². The number of aryl methyl sites for hydroxylation is 1. The molecule has 7 rings (SSSR count). The Labute approximate surface area is 248 Å². The van der Waals surface area contributed by atoms with E-state index in [1.165, 1.54) is 37.2 Å². The predicted octanol–water partition coefficient (Wildman–Crippen LogP) is 6.57. The molecule has 42 heavy (non-hydrogen) atoms. The summed E-state index contributed by atoms with van der Waals surface area (Å²) in [5.74, 6) is 1.03. The second kappa shape index (κ2) is 11.1. The van der Waals surface area contributed by atoms with E-state index in [0.29, 0.717) is 0 Å². The number of rotatable bonds is 5. The maximum absolute atomic E-state index is 5.31. The van der Waals surface area contributed by atoms with Gasteiger partial charge in [0.2, 0.25) is 0 Å². The zero-order valence-corrected chi connectivity index (χ0v) is 24.7. The number of aliphatic imine (C=N–C) groups is 1. The lowest BCUT2D eigenvalue weighted by Crippen LogP contribution is -2.74. The zero-order valence-electron chi connectivity index (χ0n) is 23.7. The molecule has 0 amide bonds. The highest BCUT2D eigenvalue weighted by Gasteiger charge is 2.41. The van der Waals surface area contributed by atoms with Crippen LogP contribution in [-0.4, -0.2) is 18.5 Å². The number of fused-ring (bicyclic) bond motifs is 1. The van der Waals surface area contributed by atoms with Gasteiger partial charge in [-0.15, -0.1) is 0 Å². The van der Waals surface area contributed by atoms with Crippen molar-refractivity contribution in [2.24, 2.45) is 4.99 Å². The van der Waals surface area contributed by atoms with Crippen molar-refractivity contribution in [3.8, 4) is 0 Å². The van der Waals surface area contributed by atoms with Crippen LogP contribution in [0.15, 0.2) is 169 Å². The molecule has 2 nitrogen and oxygen atoms in total. The van der Waals surface area contributed by atoms with Gasteiger partial charge in [-0.1, -0.05) is 146 Å². The Morgan fingerprint density at radius 2 is 1.19 bits per heavy atom. The van der Waals surface area contributed by atoms with Crippen molar-refractivity contribution in [3.05, 3.63) is 175 Å². The van der Waals surface area contributed by atoms with Crippen LogP contribution in [0, 0.1) is 6.92 Å². The Morgan fingerprint density at radius 3 is 1.83 bits per heavy atom. The molecule has 0 N–H and O–H groups in total. The topological polar surface area (TPSA) is 17.3 Å². The first-order valence-corrected chi connectivity index (χ1v) is 16.5. The van der Waals surface area contributed by atoms with Gasteiger partial charge in [-0.3, -0.25) is 0 Å². The summed E-state index contributed by atoms with van der Waals surface area (Å²) < 4.78 is 2.26. The second-order valence-corrected chi connectivity index (χ2v) is 14.6. The van der Waals surface area contributed by atoms with Gasteiger partial charge >= 0.3 is 0 Å². The smallest absolute Gasteiger partial charge is 0.179 e. The number of hydrogen-bond donors (Lipinski definition) is 0. The molecular weight excluding hydrogens is 525 g/mol. The van der Waals surface area contributed by atoms with Gasteiger partial charge in [0.25, 0.3) is 0 Å². The number of nitrogens with zero attached hydrogens (tertiary/aromatic N) is 2. The van der Waals surface area contributed by atoms with Crippen LogP contribution in [0.3, 0.4) is 0 Å². The summed E-state index contributed by atoms with van der Waals surface area (Å²) in [6.45, 7) is 2.17. The highest BCUT2D eigenvalue weighted by atomic mass is 28.3. The molecule has 1 aliphatic heterocycles. The standard InChI is InChI=1S/C39H32N2Si/c1-30-29-41(38-26-13-11-24-36(30)38)39-27-14-12-25-37(40-39)31-16-15-23-35(28-31)42(32-17-5-2-6-18-32,33-19-7-3-8-20-33)34-21-9-4-10-22-34/h2-26,28-29H,27H2,1H3. The minimum atomic E-state index is -2.62. The summed E-state index contributed by atoms with van der Waals surface area (Å²) in [7, 11) is -2.62. The van der Waals surface area contributed by atoms with Gasteiger partial charge in [0, 0.05) is 23.6 Å². The Hall–Kier alpha value is -4.99. The Kier molecular flexibility index (Phi) is 6.87. The van der Waals surface area contributed by atoms with Crippen LogP contribution in [0.25, 0.3) is 16.6 Å². The van der Waals surface area contributed by atoms with Crippen LogP contribution in [0.1, 0.15) is 17.5 Å². The maximum atomic E-state index is 5.31. The first-order valence-electron chi connectivity index (χ1n) is 14.5. The van der Waals surface area contributed by atoms with Crippen LogP contribution in [0.4, 0.5) is 0 Å². The lowest BCUT2D eigenvalue weighted by molar-refractivity contribution is 1.14. The number of allylic oxidation sites excluding steroid dienone is 3. The predicted molar refractivity (Wildman–Crippen MR) is 181 cm³/mol. The van der Waals surface area contributed by atoms with Crippen LogP contribution in [0.5, 0.6) is 0 Å². The van der Waals surface area contributed by atoms with Gasteiger partial charge in [0.15, 0.2) is 8.07 Å². The highest BCUT2D eigenvalue weighted by molar-refractivity contribution is 7.19. The largest absolute Gasteiger partial charge is 0.304 e. The first-order chi connectivity index (χ1) is 20.7. The van der Waals surface area contributed by atoms with Crippen molar-refractivity contribution in [2.75, 3.05) is 0 Å². The molecule has 0 saturated heterocycles. The van der Waals surface area contributed by atoms with Crippen LogP contribution >= 0.6 is 0 Å². The molecule has 1 aliphatic rings. The number of hydrogen-bond acceptors (Lipinski definition) is 1. The monoisotopic (exact) mass is 556 g/mol. The summed E-state index contributed by atoms with van der Waals surface area (Å²) in [5.41, 5.74) is 4.57. The van der Waals surface area contributed by atoms with E-state index in [-0.39, 0.29) is 0 Å². The Balaban J connectivity index is 1.43. The van der Waals surface area contributed by atoms with Crippen LogP contribution in [-0.2, 0) is 0 Å². The SMILES string of the molecule is Cc1cn(C2=NC(c3cccc([Si](c4ccccc4)(c4ccccc4)c4ccccc4)c3)=CC=CC2)c2ccccc12. The molecule has 0 saturated carbocycles. The first kappa shape index (κ1) is 25.9. The van der Waals surface area contributed by atoms with Crippen molar-refractivity contribution >= 4 is 51.3 Å². The van der Waals surface area contributed by atoms with E-state index in [1.54, 1.807) is 0 Å². The molecule has 0 radical (unpaired) electrons. The molecule has 0 unspecified atom stereocenters. The van der Waals surface area contributed by atoms with Gasteiger partial charge in [-0.25, -0.2) is 4.99 Å². The third-order valence-electron chi connectivity index (χ3n) is 8.34. The zero-order chi connectivity index (χ0) is 28.4. The van der Waals surface area contributed by atoms with Crippen molar-refractivity contribution in [3.63, 3.8) is 0 Å².